The molecule has 1 rings (SSSR count). The fourth-order valence-corrected chi connectivity index (χ4v) is 1.58. The Morgan fingerprint density at radius 1 is 1.38 bits per heavy atom. The number of nitrogens with one attached hydrogen (secondary N) is 1. The van der Waals surface area contributed by atoms with E-state index >= 15 is 0 Å². The summed E-state index contributed by atoms with van der Waals surface area (Å²) in [5, 5.41) is 11.1. The molecule has 0 aliphatic heterocycles. The van der Waals surface area contributed by atoms with Gasteiger partial charge in [0.2, 0.25) is 0 Å². The van der Waals surface area contributed by atoms with Gasteiger partial charge in [0, 0.05) is 12.6 Å². The summed E-state index contributed by atoms with van der Waals surface area (Å²) in [7, 11) is 0. The van der Waals surface area contributed by atoms with Crippen LogP contribution in [0.5, 0.6) is 0 Å². The largest absolute Gasteiger partial charge is 0.320 e. The Morgan fingerprint density at radius 2 is 2.12 bits per heavy atom. The van der Waals surface area contributed by atoms with Crippen LogP contribution >= 0.6 is 0 Å². The highest BCUT2D eigenvalue weighted by Crippen LogP contribution is 1.98. The van der Waals surface area contributed by atoms with E-state index < -0.39 is 0 Å². The minimum Gasteiger partial charge on any atom is -0.320 e. The number of rotatable bonds is 9. The quantitative estimate of drug-likeness (QED) is 0.513. The van der Waals surface area contributed by atoms with Gasteiger partial charge in [0.15, 0.2) is 0 Å². The van der Waals surface area contributed by atoms with Gasteiger partial charge < -0.3 is 9.88 Å². The van der Waals surface area contributed by atoms with Gasteiger partial charge in [0.25, 0.3) is 0 Å². The molecule has 1 unspecified atom stereocenters. The third-order valence-corrected chi connectivity index (χ3v) is 2.61. The molecule has 1 aromatic rings. The van der Waals surface area contributed by atoms with E-state index in [1.807, 2.05) is 10.6 Å². The van der Waals surface area contributed by atoms with Crippen molar-refractivity contribution < 1.29 is 0 Å². The van der Waals surface area contributed by atoms with Gasteiger partial charge in [-0.15, -0.1) is 16.8 Å². The van der Waals surface area contributed by atoms with Crippen LogP contribution in [0.4, 0.5) is 0 Å². The highest BCUT2D eigenvalue weighted by atomic mass is 15.2. The van der Waals surface area contributed by atoms with Crippen molar-refractivity contribution in [2.75, 3.05) is 6.54 Å². The molecular formula is C12H22N4. The number of hydrogen-bond donors (Lipinski definition) is 1. The van der Waals surface area contributed by atoms with Crippen LogP contribution in [0.25, 0.3) is 0 Å². The van der Waals surface area contributed by atoms with Gasteiger partial charge in [-0.3, -0.25) is 0 Å². The lowest BCUT2D eigenvalue weighted by Gasteiger charge is -2.12. The van der Waals surface area contributed by atoms with Crippen molar-refractivity contribution in [2.45, 2.75) is 45.2 Å². The van der Waals surface area contributed by atoms with E-state index in [2.05, 4.69) is 29.0 Å². The lowest BCUT2D eigenvalue weighted by molar-refractivity contribution is 0.491. The van der Waals surface area contributed by atoms with Gasteiger partial charge in [-0.25, -0.2) is 0 Å². The summed E-state index contributed by atoms with van der Waals surface area (Å²) in [6, 6.07) is 0.591. The van der Waals surface area contributed by atoms with E-state index in [4.69, 9.17) is 0 Å². The van der Waals surface area contributed by atoms with Gasteiger partial charge in [0.1, 0.15) is 12.7 Å². The summed E-state index contributed by atoms with van der Waals surface area (Å²) in [4.78, 5) is 0. The number of aromatic nitrogens is 3. The monoisotopic (exact) mass is 222 g/mol. The molecule has 0 aliphatic rings. The summed E-state index contributed by atoms with van der Waals surface area (Å²) in [5.41, 5.74) is 0. The molecule has 0 amide bonds. The lowest BCUT2D eigenvalue weighted by atomic mass is 10.2. The van der Waals surface area contributed by atoms with Gasteiger partial charge >= 0.3 is 0 Å². The maximum Gasteiger partial charge on any atom is 0.119 e. The number of allylic oxidation sites excluding steroid dienone is 1. The molecule has 1 N–H and O–H groups in total. The molecule has 1 heterocycles. The molecule has 1 atom stereocenters. The Bertz CT molecular complexity index is 269. The Labute approximate surface area is 97.8 Å². The smallest absolute Gasteiger partial charge is 0.119 e. The summed E-state index contributed by atoms with van der Waals surface area (Å²) >= 11 is 0. The summed E-state index contributed by atoms with van der Waals surface area (Å²) in [6.45, 7) is 8.05. The molecule has 0 saturated heterocycles. The maximum atomic E-state index is 3.77. The van der Waals surface area contributed by atoms with Crippen LogP contribution in [-0.2, 0) is 6.54 Å². The zero-order valence-electron chi connectivity index (χ0n) is 10.1. The van der Waals surface area contributed by atoms with E-state index in [-0.39, 0.29) is 0 Å². The van der Waals surface area contributed by atoms with Crippen LogP contribution in [0.2, 0.25) is 0 Å². The molecule has 1 aromatic heterocycles. The molecule has 4 nitrogen and oxygen atoms in total. The summed E-state index contributed by atoms with van der Waals surface area (Å²) < 4.78 is 2.02. The lowest BCUT2D eigenvalue weighted by Crippen LogP contribution is -2.26. The average molecular weight is 222 g/mol. The second kappa shape index (κ2) is 8.05. The van der Waals surface area contributed by atoms with Crippen molar-refractivity contribution in [2.24, 2.45) is 0 Å². The first-order valence-corrected chi connectivity index (χ1v) is 5.99. The molecule has 16 heavy (non-hydrogen) atoms. The second-order valence-corrected chi connectivity index (χ2v) is 4.13. The van der Waals surface area contributed by atoms with Gasteiger partial charge in [0.05, 0.1) is 0 Å². The predicted octanol–water partition coefficient (Wildman–Crippen LogP) is 2.00. The number of nitrogens with zero attached hydrogens (tertiary/aromatic N) is 3. The Kier molecular flexibility index (Phi) is 6.49. The summed E-state index contributed by atoms with van der Waals surface area (Å²) in [5.74, 6) is 0. The highest BCUT2D eigenvalue weighted by Gasteiger charge is 1.98. The normalized spacial score (nSPS) is 12.6. The van der Waals surface area contributed by atoms with Crippen LogP contribution in [-0.4, -0.2) is 27.4 Å². The van der Waals surface area contributed by atoms with Crippen molar-refractivity contribution in [3.8, 4) is 0 Å². The van der Waals surface area contributed by atoms with Crippen molar-refractivity contribution in [1.29, 1.82) is 0 Å². The van der Waals surface area contributed by atoms with Crippen LogP contribution in [0.15, 0.2) is 25.3 Å². The fraction of sp³-hybridized carbons (Fsp3) is 0.667. The number of aryl methyl sites for hydroxylation is 1. The van der Waals surface area contributed by atoms with Crippen molar-refractivity contribution in [3.63, 3.8) is 0 Å². The first-order valence-electron chi connectivity index (χ1n) is 5.99. The van der Waals surface area contributed by atoms with Crippen LogP contribution in [0.1, 0.15) is 32.6 Å². The van der Waals surface area contributed by atoms with E-state index in [1.165, 1.54) is 19.3 Å². The average Bonchev–Trinajstić information content (AvgIpc) is 2.79. The van der Waals surface area contributed by atoms with Crippen LogP contribution in [0.3, 0.4) is 0 Å². The van der Waals surface area contributed by atoms with E-state index in [0.717, 1.165) is 19.5 Å². The highest BCUT2D eigenvalue weighted by molar-refractivity contribution is 4.71. The molecule has 0 saturated carbocycles. The maximum absolute atomic E-state index is 3.77. The number of unbranched alkanes of at least 4 members (excludes halogenated alkanes) is 1. The topological polar surface area (TPSA) is 42.7 Å². The molecule has 0 spiro atoms. The SMILES string of the molecule is C=CCCC(C)NCCCCn1cnnc1. The minimum absolute atomic E-state index is 0.591. The summed E-state index contributed by atoms with van der Waals surface area (Å²) in [6.07, 6.45) is 10.1. The van der Waals surface area contributed by atoms with Gasteiger partial charge in [-0.2, -0.15) is 0 Å². The predicted molar refractivity (Wildman–Crippen MR) is 66.2 cm³/mol. The Morgan fingerprint density at radius 3 is 2.81 bits per heavy atom. The minimum atomic E-state index is 0.591. The van der Waals surface area contributed by atoms with Crippen LogP contribution in [0, 0.1) is 0 Å². The molecule has 0 bridgehead atoms. The molecule has 90 valence electrons. The van der Waals surface area contributed by atoms with E-state index in [0.29, 0.717) is 6.04 Å². The van der Waals surface area contributed by atoms with E-state index in [1.54, 1.807) is 12.7 Å². The van der Waals surface area contributed by atoms with Crippen molar-refractivity contribution in [3.05, 3.63) is 25.3 Å². The van der Waals surface area contributed by atoms with Gasteiger partial charge in [-0.05, 0) is 39.2 Å². The Hall–Kier alpha value is -1.16. The molecule has 0 aromatic carbocycles. The zero-order chi connectivity index (χ0) is 11.6. The van der Waals surface area contributed by atoms with E-state index in [9.17, 15) is 0 Å². The first-order chi connectivity index (χ1) is 7.83. The molecule has 4 heteroatoms. The van der Waals surface area contributed by atoms with Gasteiger partial charge in [-0.1, -0.05) is 6.08 Å². The van der Waals surface area contributed by atoms with Crippen molar-refractivity contribution >= 4 is 0 Å². The molecule has 0 radical (unpaired) electrons. The third-order valence-electron chi connectivity index (χ3n) is 2.61. The Balaban J connectivity index is 1.93. The van der Waals surface area contributed by atoms with Crippen LogP contribution < -0.4 is 5.32 Å². The standard InChI is InChI=1S/C12H22N4/c1-3-4-7-12(2)13-8-5-6-9-16-10-14-15-11-16/h3,10-13H,1,4-9H2,2H3. The second-order valence-electron chi connectivity index (χ2n) is 4.13. The molecular weight excluding hydrogens is 200 g/mol. The zero-order valence-corrected chi connectivity index (χ0v) is 10.1. The molecule has 0 fully saturated rings. The fourth-order valence-electron chi connectivity index (χ4n) is 1.58. The van der Waals surface area contributed by atoms with Crippen molar-refractivity contribution in [1.82, 2.24) is 20.1 Å². The number of hydrogen-bond acceptors (Lipinski definition) is 3. The third kappa shape index (κ3) is 5.66. The first kappa shape index (κ1) is 12.9. The molecule has 0 aliphatic carbocycles.